The third-order valence-corrected chi connectivity index (χ3v) is 0.423. The van der Waals surface area contributed by atoms with E-state index in [9.17, 15) is 0 Å². The van der Waals surface area contributed by atoms with E-state index >= 15 is 0 Å². The van der Waals surface area contributed by atoms with Gasteiger partial charge in [0.2, 0.25) is 0 Å². The van der Waals surface area contributed by atoms with E-state index in [4.69, 9.17) is 4.55 Å². The average molecular weight is 180 g/mol. The zero-order chi connectivity index (χ0) is 7.57. The molecule has 0 heterocycles. The second-order valence-electron chi connectivity index (χ2n) is 0.263. The fourth-order valence-electron chi connectivity index (χ4n) is 0. The molecule has 0 aromatic heterocycles. The Balaban J connectivity index is 3.95. The van der Waals surface area contributed by atoms with Crippen LogP contribution in [0.4, 0.5) is 0 Å². The fraction of sp³-hybridized carbons (Fsp3) is 1.00. The van der Waals surface area contributed by atoms with Gasteiger partial charge < -0.3 is 0 Å². The van der Waals surface area contributed by atoms with Crippen LogP contribution in [0.5, 0.6) is 0 Å². The third-order valence-electron chi connectivity index (χ3n) is 0.0630. The van der Waals surface area contributed by atoms with E-state index in [0.717, 1.165) is 0 Å². The second-order valence-corrected chi connectivity index (χ2v) is 1.77. The first kappa shape index (κ1) is 0.875. The van der Waals surface area contributed by atoms with Crippen molar-refractivity contribution in [3.05, 3.63) is 0 Å². The number of alkyl halides is 1. The van der Waals surface area contributed by atoms with Crippen LogP contribution in [0.2, 0.25) is 0 Å². The van der Waals surface area contributed by atoms with E-state index in [1.165, 1.54) is 0 Å². The van der Waals surface area contributed by atoms with E-state index in [0.29, 0.717) is 5.67 Å². The molecular weight excluding hydrogens is 166 g/mol. The predicted molar refractivity (Wildman–Crippen MR) is 32.4 cm³/mol. The molecule has 0 saturated heterocycles. The van der Waals surface area contributed by atoms with Crippen LogP contribution < -0.4 is 0 Å². The van der Waals surface area contributed by atoms with Crippen molar-refractivity contribution in [3.8, 4) is 0 Å². The standard InChI is InChI=1S/CH7BIO/c2-3-1-4/h2,4H,1H2,3H3/i2T,3D3,4T. The van der Waals surface area contributed by atoms with Gasteiger partial charge in [-0.25, -0.2) is 0 Å². The van der Waals surface area contributed by atoms with E-state index < -0.39 is 25.0 Å². The van der Waals surface area contributed by atoms with Crippen molar-refractivity contribution in [3.63, 3.8) is 0 Å². The van der Waals surface area contributed by atoms with Crippen molar-refractivity contribution in [2.75, 3.05) is 4.61 Å². The monoisotopic (exact) mass is 180 g/mol. The van der Waals surface area contributed by atoms with Crippen molar-refractivity contribution >= 4 is 26.1 Å². The molecule has 0 aliphatic carbocycles. The molecular formula is CH7BIO. The topological polar surface area (TPSA) is 20.2 Å². The summed E-state index contributed by atoms with van der Waals surface area (Å²) in [5.41, 5.74) is 0.486. The molecule has 0 aromatic carbocycles. The Labute approximate surface area is 41.0 Å². The van der Waals surface area contributed by atoms with Gasteiger partial charge in [-0.15, -0.1) is 0 Å². The molecule has 0 aliphatic heterocycles. The summed E-state index contributed by atoms with van der Waals surface area (Å²) in [6.45, 7) is 0. The van der Waals surface area contributed by atoms with E-state index in [2.05, 4.69) is 5.11 Å². The van der Waals surface area contributed by atoms with Crippen LogP contribution in [0.15, 0.2) is 0 Å². The van der Waals surface area contributed by atoms with Gasteiger partial charge in [-0.05, 0) is 0 Å². The molecule has 0 bridgehead atoms. The van der Waals surface area contributed by atoms with Crippen LogP contribution >= 0.6 is 20.4 Å². The van der Waals surface area contributed by atoms with Gasteiger partial charge in [0.15, 0.2) is 0 Å². The fourth-order valence-corrected chi connectivity index (χ4v) is 0. The van der Waals surface area contributed by atoms with Crippen LogP contribution in [0.25, 0.3) is 0 Å². The Morgan fingerprint density at radius 1 is 3.25 bits per heavy atom. The molecule has 0 amide bonds. The molecule has 0 saturated carbocycles. The molecule has 27 valence electrons. The van der Waals surface area contributed by atoms with Crippen LogP contribution in [0.3, 0.4) is 0 Å². The van der Waals surface area contributed by atoms with E-state index in [-0.39, 0.29) is 0 Å². The summed E-state index contributed by atoms with van der Waals surface area (Å²) in [6, 6.07) is 0. The Morgan fingerprint density at radius 3 is 4.50 bits per heavy atom. The van der Waals surface area contributed by atoms with Gasteiger partial charge in [0.25, 0.3) is 0 Å². The predicted octanol–water partition coefficient (Wildman–Crippen LogP) is -1.08. The zero-order valence-electron chi connectivity index (χ0n) is 7.07. The van der Waals surface area contributed by atoms with Gasteiger partial charge in [-0.2, -0.15) is 0 Å². The first-order chi connectivity index (χ1) is 3.89. The molecule has 0 spiro atoms. The quantitative estimate of drug-likeness (QED) is 0.332. The van der Waals surface area contributed by atoms with Crippen LogP contribution in [0, 0.1) is 0 Å². The molecule has 0 rings (SSSR count). The van der Waals surface area contributed by atoms with Gasteiger partial charge in [-0.1, -0.05) is 0 Å². The Morgan fingerprint density at radius 2 is 4.25 bits per heavy atom. The number of aliphatic hydroxyl groups is 1. The first-order valence-electron chi connectivity index (χ1n) is 2.89. The second kappa shape index (κ2) is 3.75. The zero-order valence-corrected chi connectivity index (χ0v) is 4.23. The maximum atomic E-state index is 6.96. The SMILES string of the molecule is [2H]I([2H])([2H])([B][3H])CO[3H]. The summed E-state index contributed by atoms with van der Waals surface area (Å²) >= 11 is -4.81. The molecule has 0 unspecified atom stereocenters. The van der Waals surface area contributed by atoms with E-state index in [1.54, 1.807) is 0 Å². The van der Waals surface area contributed by atoms with Gasteiger partial charge in [0.1, 0.15) is 0 Å². The molecule has 1 nitrogen and oxygen atoms in total. The summed E-state index contributed by atoms with van der Waals surface area (Å²) in [5.74, 6) is 0. The van der Waals surface area contributed by atoms with Crippen LogP contribution in [-0.2, 0) is 0 Å². The Bertz CT molecular complexity index is 98.9. The normalized spacial score (nSPS) is 38.0. The summed E-state index contributed by atoms with van der Waals surface area (Å²) in [5, 5.41) is 3.72. The van der Waals surface area contributed by atoms with Crippen LogP contribution in [0.1, 0.15) is 0 Å². The Hall–Kier alpha value is 0.755. The van der Waals surface area contributed by atoms with Gasteiger partial charge >= 0.3 is 40.3 Å². The molecule has 0 atom stereocenters. The van der Waals surface area contributed by atoms with E-state index in [1.807, 2.05) is 0 Å². The number of halogens is 1. The molecule has 0 fully saturated rings. The molecule has 3 heteroatoms. The van der Waals surface area contributed by atoms with Crippen LogP contribution in [-0.4, -0.2) is 19.9 Å². The number of hydrogen-bond acceptors (Lipinski definition) is 1. The first-order valence-corrected chi connectivity index (χ1v) is 3.55. The molecule has 1 N–H and O–H groups in total. The van der Waals surface area contributed by atoms with Crippen molar-refractivity contribution in [2.24, 2.45) is 0 Å². The summed E-state index contributed by atoms with van der Waals surface area (Å²) in [7, 11) is 0. The number of aliphatic hydroxyl groups excluding tert-OH is 1. The van der Waals surface area contributed by atoms with Crippen molar-refractivity contribution in [2.45, 2.75) is 0 Å². The maximum absolute atomic E-state index is 6.96. The van der Waals surface area contributed by atoms with Crippen molar-refractivity contribution < 1.29 is 5.11 Å². The third kappa shape index (κ3) is 2.75. The summed E-state index contributed by atoms with van der Waals surface area (Å²) in [6.07, 6.45) is 0. The minimum absolute atomic E-state index is 0.486. The van der Waals surface area contributed by atoms with Crippen molar-refractivity contribution in [1.82, 2.24) is 0 Å². The molecule has 0 aromatic rings. The molecule has 1 radical (unpaired) electrons. The average Bonchev–Trinajstić information content (AvgIpc) is 1.66. The molecule has 0 aliphatic rings. The Kier molecular flexibility index (Phi) is 0.821. The number of hydrogen-bond donors (Lipinski definition) is 1. The number of rotatable bonds is 3. The van der Waals surface area contributed by atoms with Gasteiger partial charge in [0, 0.05) is 0 Å². The molecule has 4 heavy (non-hydrogen) atoms. The summed E-state index contributed by atoms with van der Waals surface area (Å²) in [4.78, 5) is 0. The van der Waals surface area contributed by atoms with Gasteiger partial charge in [-0.3, -0.25) is 0 Å². The van der Waals surface area contributed by atoms with Gasteiger partial charge in [0.05, 0.1) is 0 Å². The van der Waals surface area contributed by atoms with Crippen molar-refractivity contribution in [1.29, 1.82) is 4.55 Å². The summed E-state index contributed by atoms with van der Waals surface area (Å²) < 4.78 is 33.0. The minimum atomic E-state index is -4.81.